The van der Waals surface area contributed by atoms with Crippen LogP contribution in [0, 0.1) is 11.8 Å². The zero-order valence-electron chi connectivity index (χ0n) is 10.0. The fourth-order valence-electron chi connectivity index (χ4n) is 2.92. The Labute approximate surface area is 93.0 Å². The molecule has 0 spiro atoms. The Kier molecular flexibility index (Phi) is 3.32. The summed E-state index contributed by atoms with van der Waals surface area (Å²) in [6, 6.07) is 0.571. The Bertz CT molecular complexity index is 239. The highest BCUT2D eigenvalue weighted by molar-refractivity contribution is 5.76. The predicted molar refractivity (Wildman–Crippen MR) is 61.5 cm³/mol. The van der Waals surface area contributed by atoms with Gasteiger partial charge >= 0.3 is 0 Å². The number of hydrogen-bond donors (Lipinski definition) is 0. The van der Waals surface area contributed by atoms with Crippen LogP contribution >= 0.6 is 0 Å². The lowest BCUT2D eigenvalue weighted by atomic mass is 9.97. The molecule has 0 radical (unpaired) electrons. The first-order valence-corrected chi connectivity index (χ1v) is 6.55. The second kappa shape index (κ2) is 4.54. The van der Waals surface area contributed by atoms with E-state index >= 15 is 0 Å². The van der Waals surface area contributed by atoms with Gasteiger partial charge in [-0.2, -0.15) is 0 Å². The number of likely N-dealkylation sites (tertiary alicyclic amines) is 1. The fraction of sp³-hybridized carbons (Fsp3) is 0.923. The van der Waals surface area contributed by atoms with Crippen LogP contribution in [-0.4, -0.2) is 23.4 Å². The molecule has 1 saturated carbocycles. The summed E-state index contributed by atoms with van der Waals surface area (Å²) in [6.45, 7) is 5.28. The van der Waals surface area contributed by atoms with E-state index in [1.54, 1.807) is 0 Å². The molecule has 86 valence electrons. The van der Waals surface area contributed by atoms with Crippen molar-refractivity contribution < 1.29 is 4.79 Å². The molecule has 1 aliphatic heterocycles. The SMILES string of the molecule is CCCCC1CC2CC2CN1C(=O)CC. The van der Waals surface area contributed by atoms with Crippen molar-refractivity contribution in [2.24, 2.45) is 11.8 Å². The summed E-state index contributed by atoms with van der Waals surface area (Å²) in [5.74, 6) is 2.20. The summed E-state index contributed by atoms with van der Waals surface area (Å²) < 4.78 is 0. The highest BCUT2D eigenvalue weighted by Crippen LogP contribution is 2.47. The van der Waals surface area contributed by atoms with Crippen LogP contribution in [0.15, 0.2) is 0 Å². The van der Waals surface area contributed by atoms with Gasteiger partial charge in [0.05, 0.1) is 0 Å². The lowest BCUT2D eigenvalue weighted by Crippen LogP contribution is -2.44. The monoisotopic (exact) mass is 209 g/mol. The minimum Gasteiger partial charge on any atom is -0.339 e. The van der Waals surface area contributed by atoms with E-state index in [9.17, 15) is 4.79 Å². The standard InChI is InChI=1S/C13H23NO/c1-3-5-6-12-8-10-7-11(10)9-14(12)13(15)4-2/h10-12H,3-9H2,1-2H3. The summed E-state index contributed by atoms with van der Waals surface area (Å²) in [4.78, 5) is 14.0. The van der Waals surface area contributed by atoms with E-state index in [0.29, 0.717) is 18.4 Å². The van der Waals surface area contributed by atoms with Gasteiger partial charge in [0.15, 0.2) is 0 Å². The summed E-state index contributed by atoms with van der Waals surface area (Å²) >= 11 is 0. The molecule has 0 aromatic heterocycles. The van der Waals surface area contributed by atoms with E-state index in [1.807, 2.05) is 6.92 Å². The number of nitrogens with zero attached hydrogens (tertiary/aromatic N) is 1. The van der Waals surface area contributed by atoms with Gasteiger partial charge in [-0.05, 0) is 31.1 Å². The zero-order valence-corrected chi connectivity index (χ0v) is 10.0. The molecule has 2 fully saturated rings. The van der Waals surface area contributed by atoms with E-state index in [0.717, 1.165) is 18.4 Å². The molecule has 15 heavy (non-hydrogen) atoms. The molecule has 1 saturated heterocycles. The molecule has 2 heteroatoms. The summed E-state index contributed by atoms with van der Waals surface area (Å²) in [6.07, 6.45) is 7.10. The van der Waals surface area contributed by atoms with Crippen molar-refractivity contribution in [3.8, 4) is 0 Å². The van der Waals surface area contributed by atoms with Crippen LogP contribution in [0.25, 0.3) is 0 Å². The minimum absolute atomic E-state index is 0.376. The largest absolute Gasteiger partial charge is 0.339 e. The summed E-state index contributed by atoms with van der Waals surface area (Å²) in [7, 11) is 0. The first-order valence-electron chi connectivity index (χ1n) is 6.55. The van der Waals surface area contributed by atoms with Gasteiger partial charge < -0.3 is 4.90 Å². The van der Waals surface area contributed by atoms with Crippen LogP contribution < -0.4 is 0 Å². The second-order valence-corrected chi connectivity index (χ2v) is 5.19. The lowest BCUT2D eigenvalue weighted by Gasteiger charge is -2.35. The van der Waals surface area contributed by atoms with Crippen LogP contribution in [0.3, 0.4) is 0 Å². The van der Waals surface area contributed by atoms with Gasteiger partial charge in [-0.3, -0.25) is 4.79 Å². The van der Waals surface area contributed by atoms with E-state index < -0.39 is 0 Å². The van der Waals surface area contributed by atoms with Crippen molar-refractivity contribution in [2.75, 3.05) is 6.54 Å². The van der Waals surface area contributed by atoms with Gasteiger partial charge in [-0.1, -0.05) is 26.7 Å². The van der Waals surface area contributed by atoms with E-state index in [1.165, 1.54) is 32.1 Å². The second-order valence-electron chi connectivity index (χ2n) is 5.19. The van der Waals surface area contributed by atoms with Crippen molar-refractivity contribution in [3.63, 3.8) is 0 Å². The maximum Gasteiger partial charge on any atom is 0.222 e. The van der Waals surface area contributed by atoms with Crippen molar-refractivity contribution in [2.45, 2.75) is 58.4 Å². The number of carbonyl (C=O) groups is 1. The van der Waals surface area contributed by atoms with E-state index in [2.05, 4.69) is 11.8 Å². The number of amides is 1. The fourth-order valence-corrected chi connectivity index (χ4v) is 2.92. The molecule has 2 aliphatic rings. The van der Waals surface area contributed by atoms with Crippen LogP contribution in [0.2, 0.25) is 0 Å². The quantitative estimate of drug-likeness (QED) is 0.697. The number of hydrogen-bond acceptors (Lipinski definition) is 1. The molecule has 1 aliphatic carbocycles. The third-order valence-corrected chi connectivity index (χ3v) is 4.03. The number of unbranched alkanes of at least 4 members (excludes halogenated alkanes) is 1. The summed E-state index contributed by atoms with van der Waals surface area (Å²) in [5, 5.41) is 0. The Morgan fingerprint density at radius 2 is 2.07 bits per heavy atom. The Morgan fingerprint density at radius 3 is 2.73 bits per heavy atom. The normalized spacial score (nSPS) is 33.7. The highest BCUT2D eigenvalue weighted by atomic mass is 16.2. The predicted octanol–water partition coefficient (Wildman–Crippen LogP) is 2.82. The Balaban J connectivity index is 1.93. The smallest absolute Gasteiger partial charge is 0.222 e. The number of rotatable bonds is 4. The molecule has 3 atom stereocenters. The first kappa shape index (κ1) is 11.0. The van der Waals surface area contributed by atoms with Crippen LogP contribution in [0.5, 0.6) is 0 Å². The third kappa shape index (κ3) is 2.35. The zero-order chi connectivity index (χ0) is 10.8. The first-order chi connectivity index (χ1) is 7.26. The van der Waals surface area contributed by atoms with Gasteiger partial charge in [0, 0.05) is 19.0 Å². The van der Waals surface area contributed by atoms with Gasteiger partial charge in [0.1, 0.15) is 0 Å². The molecule has 0 aromatic carbocycles. The molecule has 2 nitrogen and oxygen atoms in total. The maximum atomic E-state index is 11.8. The van der Waals surface area contributed by atoms with E-state index in [-0.39, 0.29) is 0 Å². The number of carbonyl (C=O) groups excluding carboxylic acids is 1. The van der Waals surface area contributed by atoms with Crippen LogP contribution in [0.1, 0.15) is 52.4 Å². The molecule has 3 unspecified atom stereocenters. The molecule has 0 bridgehead atoms. The molecular formula is C13H23NO. The maximum absolute atomic E-state index is 11.8. The topological polar surface area (TPSA) is 20.3 Å². The van der Waals surface area contributed by atoms with Crippen molar-refractivity contribution in [3.05, 3.63) is 0 Å². The van der Waals surface area contributed by atoms with Crippen LogP contribution in [-0.2, 0) is 4.79 Å². The van der Waals surface area contributed by atoms with Crippen molar-refractivity contribution in [1.29, 1.82) is 0 Å². The Hall–Kier alpha value is -0.530. The average Bonchev–Trinajstić information content (AvgIpc) is 3.01. The van der Waals surface area contributed by atoms with Crippen LogP contribution in [0.4, 0.5) is 0 Å². The number of fused-ring (bicyclic) bond motifs is 1. The lowest BCUT2D eigenvalue weighted by molar-refractivity contribution is -0.134. The van der Waals surface area contributed by atoms with E-state index in [4.69, 9.17) is 0 Å². The number of piperidine rings is 1. The third-order valence-electron chi connectivity index (χ3n) is 4.03. The van der Waals surface area contributed by atoms with Gasteiger partial charge in [0.25, 0.3) is 0 Å². The summed E-state index contributed by atoms with van der Waals surface area (Å²) in [5.41, 5.74) is 0. The molecule has 0 N–H and O–H groups in total. The molecule has 1 amide bonds. The van der Waals surface area contributed by atoms with Gasteiger partial charge in [0.2, 0.25) is 5.91 Å². The van der Waals surface area contributed by atoms with Crippen molar-refractivity contribution >= 4 is 5.91 Å². The molecular weight excluding hydrogens is 186 g/mol. The minimum atomic E-state index is 0.376. The molecule has 0 aromatic rings. The highest BCUT2D eigenvalue weighted by Gasteiger charge is 2.46. The van der Waals surface area contributed by atoms with Gasteiger partial charge in [-0.25, -0.2) is 0 Å². The average molecular weight is 209 g/mol. The molecule has 1 heterocycles. The van der Waals surface area contributed by atoms with Gasteiger partial charge in [-0.15, -0.1) is 0 Å². The Morgan fingerprint density at radius 1 is 1.27 bits per heavy atom. The van der Waals surface area contributed by atoms with Crippen molar-refractivity contribution in [1.82, 2.24) is 4.90 Å². The molecule has 2 rings (SSSR count).